The molecule has 0 amide bonds. The summed E-state index contributed by atoms with van der Waals surface area (Å²) >= 11 is 0. The van der Waals surface area contributed by atoms with Crippen LogP contribution in [-0.4, -0.2) is 20.4 Å². The van der Waals surface area contributed by atoms with Gasteiger partial charge in [0, 0.05) is 0 Å². The largest absolute Gasteiger partial charge is 2.00 e. The Bertz CT molecular complexity index is 1800. The molecule has 4 N–H and O–H groups in total. The lowest BCUT2D eigenvalue weighted by Gasteiger charge is -2.05. The van der Waals surface area contributed by atoms with Gasteiger partial charge in [-0.3, -0.25) is 0 Å². The third kappa shape index (κ3) is 62.3. The van der Waals surface area contributed by atoms with Gasteiger partial charge in [-0.1, -0.05) is 434 Å². The van der Waals surface area contributed by atoms with Gasteiger partial charge in [-0.2, -0.15) is 0 Å². The third-order valence-corrected chi connectivity index (χ3v) is 19.2. The molecule has 94 heavy (non-hydrogen) atoms. The average molecular weight is 1340 g/mol. The van der Waals surface area contributed by atoms with E-state index in [1.807, 2.05) is 72.8 Å². The van der Waals surface area contributed by atoms with E-state index in [0.29, 0.717) is 23.0 Å². The van der Waals surface area contributed by atoms with Crippen LogP contribution in [0.25, 0.3) is 0 Å². The zero-order chi connectivity index (χ0) is 66.4. The van der Waals surface area contributed by atoms with Crippen molar-refractivity contribution in [3.63, 3.8) is 0 Å². The molecule has 0 fully saturated rings. The number of hydrogen-bond acceptors (Lipinski definition) is 4. The summed E-state index contributed by atoms with van der Waals surface area (Å²) < 4.78 is 0. The molecule has 0 aromatic heterocycles. The highest BCUT2D eigenvalue weighted by atomic mass is 32.1. The molecular formula is C88H152O4S2-4. The Morgan fingerprint density at radius 2 is 0.266 bits per heavy atom. The minimum Gasteiger partial charge on any atom is -2.00 e. The smallest absolute Gasteiger partial charge is 0.118 e. The van der Waals surface area contributed by atoms with Crippen molar-refractivity contribution in [3.05, 3.63) is 119 Å². The Balaban J connectivity index is 0. The Morgan fingerprint density at radius 1 is 0.160 bits per heavy atom. The Labute approximate surface area is 599 Å². The Morgan fingerprint density at radius 3 is 0.383 bits per heavy atom. The van der Waals surface area contributed by atoms with Gasteiger partial charge in [-0.25, -0.2) is 0 Å². The molecule has 0 aliphatic heterocycles. The predicted molar refractivity (Wildman–Crippen MR) is 423 cm³/mol. The van der Waals surface area contributed by atoms with Crippen LogP contribution < -0.4 is 0 Å². The average Bonchev–Trinajstić information content (AvgIpc) is 1.95. The number of phenols is 4. The van der Waals surface area contributed by atoms with Gasteiger partial charge in [0.25, 0.3) is 0 Å². The molecule has 4 aromatic carbocycles. The summed E-state index contributed by atoms with van der Waals surface area (Å²) in [5.74, 6) is 1.84. The highest BCUT2D eigenvalue weighted by Gasteiger charge is 2.04. The molecule has 4 rings (SSSR count). The van der Waals surface area contributed by atoms with Crippen molar-refractivity contribution < 1.29 is 20.4 Å². The lowest BCUT2D eigenvalue weighted by Crippen LogP contribution is -1.87. The molecule has 0 saturated heterocycles. The van der Waals surface area contributed by atoms with E-state index in [4.69, 9.17) is 0 Å². The maximum absolute atomic E-state index is 9.71. The SMILES string of the molecule is CCCCCCCCCCCCCCCCc1ccccc1O.CCCCCCCCCCCCCCCCc1ccccc1O.CCCCCCCCCCCCCCCCc1ccccc1O.CCCCCCCCCCCCCCCCc1ccccc1O.[S-2].[S-2]. The first-order valence-electron chi connectivity index (χ1n) is 40.4. The minimum atomic E-state index is 0. The summed E-state index contributed by atoms with van der Waals surface area (Å²) in [6.07, 6.45) is 82.1. The molecule has 0 bridgehead atoms. The molecule has 544 valence electrons. The Kier molecular flexibility index (Phi) is 74.6. The molecule has 0 spiro atoms. The molecule has 4 nitrogen and oxygen atoms in total. The zero-order valence-corrected chi connectivity index (χ0v) is 63.9. The van der Waals surface area contributed by atoms with E-state index in [-0.39, 0.29) is 27.0 Å². The number of unbranched alkanes of at least 4 members (excludes halogenated alkanes) is 52. The summed E-state index contributed by atoms with van der Waals surface area (Å²) in [6, 6.07) is 30.9. The molecular weight excluding hydrogens is 1190 g/mol. The molecule has 6 heteroatoms. The Hall–Kier alpha value is -3.22. The molecule has 0 heterocycles. The number of benzene rings is 4. The van der Waals surface area contributed by atoms with Gasteiger partial charge in [-0.05, 0) is 97.9 Å². The van der Waals surface area contributed by atoms with E-state index in [1.54, 1.807) is 24.3 Å². The number of aryl methyl sites for hydroxylation is 4. The van der Waals surface area contributed by atoms with Gasteiger partial charge in [0.1, 0.15) is 23.0 Å². The molecule has 0 aliphatic rings. The maximum Gasteiger partial charge on any atom is 0.118 e. The van der Waals surface area contributed by atoms with Crippen LogP contribution in [0.3, 0.4) is 0 Å². The molecule has 0 aliphatic carbocycles. The summed E-state index contributed by atoms with van der Waals surface area (Å²) in [6.45, 7) is 9.13. The van der Waals surface area contributed by atoms with Crippen LogP contribution in [0.1, 0.15) is 410 Å². The van der Waals surface area contributed by atoms with Gasteiger partial charge in [0.05, 0.1) is 0 Å². The standard InChI is InChI=1S/4C22H38O.2S/c4*1-2-3-4-5-6-7-8-9-10-11-12-13-14-15-18-21-19-16-17-20-22(21)23;;/h4*16-17,19-20,23H,2-15,18H2,1H3;;/q;;;;2*-2. The number of aromatic hydroxyl groups is 4. The van der Waals surface area contributed by atoms with E-state index in [0.717, 1.165) is 47.9 Å². The fraction of sp³-hybridized carbons (Fsp3) is 0.727. The van der Waals surface area contributed by atoms with Crippen molar-refractivity contribution in [2.45, 2.75) is 413 Å². The second kappa shape index (κ2) is 75.6. The van der Waals surface area contributed by atoms with Gasteiger partial charge in [0.2, 0.25) is 0 Å². The first-order chi connectivity index (χ1) is 45.4. The molecule has 0 unspecified atom stereocenters. The van der Waals surface area contributed by atoms with Gasteiger partial charge in [-0.15, -0.1) is 0 Å². The lowest BCUT2D eigenvalue weighted by atomic mass is 10.0. The van der Waals surface area contributed by atoms with Crippen LogP contribution in [0.15, 0.2) is 97.1 Å². The molecule has 0 atom stereocenters. The summed E-state index contributed by atoms with van der Waals surface area (Å²) in [5, 5.41) is 38.9. The first kappa shape index (κ1) is 92.8. The van der Waals surface area contributed by atoms with Crippen LogP contribution in [0, 0.1) is 0 Å². The normalized spacial score (nSPS) is 10.8. The van der Waals surface area contributed by atoms with Crippen molar-refractivity contribution in [3.8, 4) is 23.0 Å². The second-order valence-electron chi connectivity index (χ2n) is 27.9. The van der Waals surface area contributed by atoms with Gasteiger partial charge < -0.3 is 47.4 Å². The van der Waals surface area contributed by atoms with Crippen LogP contribution in [0.5, 0.6) is 23.0 Å². The van der Waals surface area contributed by atoms with E-state index < -0.39 is 0 Å². The fourth-order valence-corrected chi connectivity index (χ4v) is 12.9. The van der Waals surface area contributed by atoms with E-state index >= 15 is 0 Å². The van der Waals surface area contributed by atoms with Crippen molar-refractivity contribution >= 4 is 27.0 Å². The lowest BCUT2D eigenvalue weighted by molar-refractivity contribution is 0.465. The quantitative estimate of drug-likeness (QED) is 0.0332. The fourth-order valence-electron chi connectivity index (χ4n) is 12.9. The van der Waals surface area contributed by atoms with Crippen LogP contribution in [-0.2, 0) is 52.7 Å². The number of hydrogen-bond donors (Lipinski definition) is 4. The summed E-state index contributed by atoms with van der Waals surface area (Å²) in [7, 11) is 0. The van der Waals surface area contributed by atoms with Gasteiger partial charge in [0.15, 0.2) is 0 Å². The molecule has 0 saturated carbocycles. The van der Waals surface area contributed by atoms with E-state index in [9.17, 15) is 20.4 Å². The summed E-state index contributed by atoms with van der Waals surface area (Å²) in [5.41, 5.74) is 4.41. The number of phenolic OH excluding ortho intramolecular Hbond substituents is 4. The van der Waals surface area contributed by atoms with Gasteiger partial charge >= 0.3 is 0 Å². The highest BCUT2D eigenvalue weighted by molar-refractivity contribution is 7.37. The topological polar surface area (TPSA) is 80.9 Å². The van der Waals surface area contributed by atoms with Crippen molar-refractivity contribution in [2.24, 2.45) is 0 Å². The third-order valence-electron chi connectivity index (χ3n) is 19.2. The number of rotatable bonds is 60. The zero-order valence-electron chi connectivity index (χ0n) is 62.3. The molecule has 0 radical (unpaired) electrons. The van der Waals surface area contributed by atoms with Crippen molar-refractivity contribution in [1.29, 1.82) is 0 Å². The van der Waals surface area contributed by atoms with Crippen LogP contribution in [0.4, 0.5) is 0 Å². The monoisotopic (exact) mass is 1340 g/mol. The first-order valence-corrected chi connectivity index (χ1v) is 40.4. The van der Waals surface area contributed by atoms with E-state index in [1.165, 1.54) is 360 Å². The van der Waals surface area contributed by atoms with Crippen LogP contribution in [0.2, 0.25) is 0 Å². The predicted octanol–water partition coefficient (Wildman–Crippen LogP) is 29.7. The van der Waals surface area contributed by atoms with Crippen molar-refractivity contribution in [2.75, 3.05) is 0 Å². The van der Waals surface area contributed by atoms with Crippen LogP contribution >= 0.6 is 0 Å². The number of para-hydroxylation sites is 4. The summed E-state index contributed by atoms with van der Waals surface area (Å²) in [4.78, 5) is 0. The van der Waals surface area contributed by atoms with E-state index in [2.05, 4.69) is 27.7 Å². The highest BCUT2D eigenvalue weighted by Crippen LogP contribution is 2.24. The maximum atomic E-state index is 9.71. The second-order valence-corrected chi connectivity index (χ2v) is 27.9. The minimum absolute atomic E-state index is 0. The van der Waals surface area contributed by atoms with Crippen molar-refractivity contribution in [1.82, 2.24) is 0 Å². The molecule has 4 aromatic rings.